The van der Waals surface area contributed by atoms with E-state index in [0.29, 0.717) is 30.8 Å². The van der Waals surface area contributed by atoms with Gasteiger partial charge in [0.05, 0.1) is 11.4 Å². The van der Waals surface area contributed by atoms with Gasteiger partial charge in [-0.2, -0.15) is 0 Å². The molecule has 0 heterocycles. The summed E-state index contributed by atoms with van der Waals surface area (Å²) in [5, 5.41) is 11.8. The second-order valence-electron chi connectivity index (χ2n) is 3.42. The fourth-order valence-corrected chi connectivity index (χ4v) is 1.25. The van der Waals surface area contributed by atoms with E-state index in [-0.39, 0.29) is 11.7 Å². The number of nitrogen functional groups attached to an aromatic ring is 1. The van der Waals surface area contributed by atoms with Crippen LogP contribution >= 0.6 is 0 Å². The monoisotopic (exact) mass is 224 g/mol. The van der Waals surface area contributed by atoms with Gasteiger partial charge < -0.3 is 20.9 Å². The quantitative estimate of drug-likeness (QED) is 0.400. The molecular formula is C11H16N2O3. The molecule has 0 bridgehead atoms. The molecule has 1 rings (SSSR count). The van der Waals surface area contributed by atoms with E-state index in [0.717, 1.165) is 0 Å². The van der Waals surface area contributed by atoms with Gasteiger partial charge in [0.1, 0.15) is 5.75 Å². The van der Waals surface area contributed by atoms with Crippen molar-refractivity contribution in [2.75, 3.05) is 24.8 Å². The van der Waals surface area contributed by atoms with Crippen LogP contribution in [0.1, 0.15) is 12.8 Å². The molecule has 0 saturated carbocycles. The largest absolute Gasteiger partial charge is 0.508 e. The molecular weight excluding hydrogens is 208 g/mol. The summed E-state index contributed by atoms with van der Waals surface area (Å²) in [4.78, 5) is 11.4. The molecule has 0 fully saturated rings. The number of amides is 1. The van der Waals surface area contributed by atoms with Crippen molar-refractivity contribution in [3.8, 4) is 5.75 Å². The third-order valence-corrected chi connectivity index (χ3v) is 2.06. The summed E-state index contributed by atoms with van der Waals surface area (Å²) < 4.78 is 4.84. The molecule has 88 valence electrons. The van der Waals surface area contributed by atoms with Crippen molar-refractivity contribution in [2.45, 2.75) is 12.8 Å². The Morgan fingerprint density at radius 3 is 2.94 bits per heavy atom. The van der Waals surface area contributed by atoms with E-state index >= 15 is 0 Å². The van der Waals surface area contributed by atoms with Crippen molar-refractivity contribution in [3.63, 3.8) is 0 Å². The number of carbonyl (C=O) groups excluding carboxylic acids is 1. The molecule has 0 atom stereocenters. The number of phenolic OH excluding ortho intramolecular Hbond substituents is 1. The number of benzene rings is 1. The van der Waals surface area contributed by atoms with E-state index in [2.05, 4.69) is 5.32 Å². The lowest BCUT2D eigenvalue weighted by atomic mass is 10.2. The van der Waals surface area contributed by atoms with E-state index in [1.807, 2.05) is 0 Å². The zero-order chi connectivity index (χ0) is 12.0. The summed E-state index contributed by atoms with van der Waals surface area (Å²) in [6, 6.07) is 4.44. The average Bonchev–Trinajstić information content (AvgIpc) is 2.23. The van der Waals surface area contributed by atoms with Gasteiger partial charge in [-0.05, 0) is 18.6 Å². The van der Waals surface area contributed by atoms with E-state index in [4.69, 9.17) is 15.6 Å². The van der Waals surface area contributed by atoms with Crippen molar-refractivity contribution in [3.05, 3.63) is 18.2 Å². The van der Waals surface area contributed by atoms with Crippen LogP contribution in [-0.2, 0) is 9.53 Å². The zero-order valence-electron chi connectivity index (χ0n) is 9.19. The molecule has 0 saturated heterocycles. The number of anilines is 2. The highest BCUT2D eigenvalue weighted by Crippen LogP contribution is 2.23. The normalized spacial score (nSPS) is 10.1. The molecule has 5 heteroatoms. The Hall–Kier alpha value is -1.75. The van der Waals surface area contributed by atoms with Gasteiger partial charge in [0, 0.05) is 26.2 Å². The van der Waals surface area contributed by atoms with Gasteiger partial charge in [-0.25, -0.2) is 0 Å². The molecule has 5 nitrogen and oxygen atoms in total. The number of methoxy groups -OCH3 is 1. The number of aromatic hydroxyl groups is 1. The summed E-state index contributed by atoms with van der Waals surface area (Å²) in [5.41, 5.74) is 6.49. The first-order chi connectivity index (χ1) is 7.63. The predicted octanol–water partition coefficient (Wildman–Crippen LogP) is 1.34. The van der Waals surface area contributed by atoms with Crippen LogP contribution in [0.4, 0.5) is 11.4 Å². The molecule has 4 N–H and O–H groups in total. The van der Waals surface area contributed by atoms with Gasteiger partial charge in [-0.1, -0.05) is 0 Å². The second kappa shape index (κ2) is 5.97. The fraction of sp³-hybridized carbons (Fsp3) is 0.364. The van der Waals surface area contributed by atoms with Crippen molar-refractivity contribution >= 4 is 17.3 Å². The first-order valence-electron chi connectivity index (χ1n) is 5.00. The van der Waals surface area contributed by atoms with Crippen molar-refractivity contribution < 1.29 is 14.6 Å². The molecule has 0 aliphatic heterocycles. The van der Waals surface area contributed by atoms with Crippen LogP contribution in [0.2, 0.25) is 0 Å². The maximum absolute atomic E-state index is 11.4. The number of rotatable bonds is 5. The summed E-state index contributed by atoms with van der Waals surface area (Å²) in [5.74, 6) is -0.0377. The number of ether oxygens (including phenoxy) is 1. The molecule has 0 aromatic heterocycles. The number of hydrogen-bond acceptors (Lipinski definition) is 4. The average molecular weight is 224 g/mol. The summed E-state index contributed by atoms with van der Waals surface area (Å²) >= 11 is 0. The fourth-order valence-electron chi connectivity index (χ4n) is 1.25. The van der Waals surface area contributed by atoms with Crippen LogP contribution < -0.4 is 11.1 Å². The smallest absolute Gasteiger partial charge is 0.224 e. The van der Waals surface area contributed by atoms with Gasteiger partial charge in [-0.15, -0.1) is 0 Å². The summed E-state index contributed by atoms with van der Waals surface area (Å²) in [6.45, 7) is 0.554. The van der Waals surface area contributed by atoms with Crippen LogP contribution in [0.25, 0.3) is 0 Å². The molecule has 16 heavy (non-hydrogen) atoms. The Morgan fingerprint density at radius 1 is 1.56 bits per heavy atom. The standard InChI is InChI=1S/C11H16N2O3/c1-16-6-2-3-11(15)13-10-5-4-8(14)7-9(10)12/h4-5,7,14H,2-3,6,12H2,1H3,(H,13,15). The van der Waals surface area contributed by atoms with E-state index in [1.165, 1.54) is 12.1 Å². The maximum atomic E-state index is 11.4. The topological polar surface area (TPSA) is 84.6 Å². The molecule has 0 aliphatic carbocycles. The number of nitrogens with one attached hydrogen (secondary N) is 1. The van der Waals surface area contributed by atoms with Crippen LogP contribution in [-0.4, -0.2) is 24.7 Å². The van der Waals surface area contributed by atoms with E-state index in [9.17, 15) is 4.79 Å². The first kappa shape index (κ1) is 12.3. The van der Waals surface area contributed by atoms with Gasteiger partial charge in [-0.3, -0.25) is 4.79 Å². The SMILES string of the molecule is COCCCC(=O)Nc1ccc(O)cc1N. The van der Waals surface area contributed by atoms with Crippen LogP contribution in [0.3, 0.4) is 0 Å². The Morgan fingerprint density at radius 2 is 2.31 bits per heavy atom. The molecule has 0 unspecified atom stereocenters. The molecule has 0 spiro atoms. The number of hydrogen-bond donors (Lipinski definition) is 3. The number of phenols is 1. The minimum absolute atomic E-state index is 0.0786. The Bertz CT molecular complexity index is 366. The number of nitrogens with two attached hydrogens (primary N) is 1. The minimum Gasteiger partial charge on any atom is -0.508 e. The molecule has 0 radical (unpaired) electrons. The highest BCUT2D eigenvalue weighted by atomic mass is 16.5. The third kappa shape index (κ3) is 3.78. The lowest BCUT2D eigenvalue weighted by Crippen LogP contribution is -2.13. The van der Waals surface area contributed by atoms with Gasteiger partial charge in [0.2, 0.25) is 5.91 Å². The maximum Gasteiger partial charge on any atom is 0.224 e. The van der Waals surface area contributed by atoms with Crippen LogP contribution in [0.5, 0.6) is 5.75 Å². The lowest BCUT2D eigenvalue weighted by Gasteiger charge is -2.08. The lowest BCUT2D eigenvalue weighted by molar-refractivity contribution is -0.116. The zero-order valence-corrected chi connectivity index (χ0v) is 9.19. The van der Waals surface area contributed by atoms with Gasteiger partial charge in [0.25, 0.3) is 0 Å². The van der Waals surface area contributed by atoms with Gasteiger partial charge in [0.15, 0.2) is 0 Å². The Labute approximate surface area is 94.2 Å². The van der Waals surface area contributed by atoms with Crippen LogP contribution in [0, 0.1) is 0 Å². The Balaban J connectivity index is 2.49. The number of carbonyl (C=O) groups is 1. The summed E-state index contributed by atoms with van der Waals surface area (Å²) in [6.07, 6.45) is 1.05. The molecule has 1 amide bonds. The Kier molecular flexibility index (Phi) is 4.60. The van der Waals surface area contributed by atoms with Gasteiger partial charge >= 0.3 is 0 Å². The molecule has 0 aliphatic rings. The van der Waals surface area contributed by atoms with Crippen LogP contribution in [0.15, 0.2) is 18.2 Å². The minimum atomic E-state index is -0.116. The molecule has 1 aromatic rings. The van der Waals surface area contributed by atoms with E-state index in [1.54, 1.807) is 13.2 Å². The highest BCUT2D eigenvalue weighted by Gasteiger charge is 2.05. The van der Waals surface area contributed by atoms with Crippen molar-refractivity contribution in [2.24, 2.45) is 0 Å². The predicted molar refractivity (Wildman–Crippen MR) is 62.3 cm³/mol. The third-order valence-electron chi connectivity index (χ3n) is 2.06. The highest BCUT2D eigenvalue weighted by molar-refractivity contribution is 5.93. The van der Waals surface area contributed by atoms with Crippen molar-refractivity contribution in [1.29, 1.82) is 0 Å². The van der Waals surface area contributed by atoms with Crippen molar-refractivity contribution in [1.82, 2.24) is 0 Å². The molecule has 1 aromatic carbocycles. The first-order valence-corrected chi connectivity index (χ1v) is 5.00. The second-order valence-corrected chi connectivity index (χ2v) is 3.42. The summed E-state index contributed by atoms with van der Waals surface area (Å²) in [7, 11) is 1.59. The van der Waals surface area contributed by atoms with E-state index < -0.39 is 0 Å².